The van der Waals surface area contributed by atoms with Gasteiger partial charge in [-0.3, -0.25) is 0 Å². The lowest BCUT2D eigenvalue weighted by Crippen LogP contribution is -1.99. The quantitative estimate of drug-likeness (QED) is 0.736. The number of hydrogen-bond donors (Lipinski definition) is 2. The molecule has 0 aliphatic carbocycles. The summed E-state index contributed by atoms with van der Waals surface area (Å²) in [5.41, 5.74) is 8.32. The first-order chi connectivity index (χ1) is 10.4. The van der Waals surface area contributed by atoms with Crippen LogP contribution in [0.3, 0.4) is 0 Å². The molecule has 2 N–H and O–H groups in total. The lowest BCUT2D eigenvalue weighted by atomic mass is 10.1. The van der Waals surface area contributed by atoms with Crippen molar-refractivity contribution in [3.63, 3.8) is 0 Å². The predicted octanol–water partition coefficient (Wildman–Crippen LogP) is 5.88. The van der Waals surface area contributed by atoms with E-state index in [1.54, 1.807) is 0 Å². The Morgan fingerprint density at radius 3 is 1.45 bits per heavy atom. The molecular weight excluding hydrogens is 292 g/mol. The van der Waals surface area contributed by atoms with Crippen LogP contribution in [0.15, 0.2) is 36.7 Å². The minimum Gasteiger partial charge on any atom is -0.360 e. The Balaban J connectivity index is 2.09. The molecule has 0 amide bonds. The van der Waals surface area contributed by atoms with Crippen LogP contribution in [-0.4, -0.2) is 0 Å². The molecule has 0 saturated heterocycles. The molecule has 2 aromatic carbocycles. The van der Waals surface area contributed by atoms with E-state index in [-0.39, 0.29) is 0 Å². The fourth-order valence-electron chi connectivity index (χ4n) is 2.80. The van der Waals surface area contributed by atoms with Crippen molar-refractivity contribution in [2.75, 3.05) is 10.6 Å². The van der Waals surface area contributed by atoms with E-state index in [1.165, 1.54) is 16.7 Å². The summed E-state index contributed by atoms with van der Waals surface area (Å²) in [5.74, 6) is 0. The highest BCUT2D eigenvalue weighted by atomic mass is 35.5. The SMILES string of the molecule is Cc1cc(C)c(N/C=C\Nc2c(C)cc(Cl)cc2C)c(C)c1. The van der Waals surface area contributed by atoms with E-state index in [2.05, 4.69) is 57.4 Å². The molecule has 3 heteroatoms. The summed E-state index contributed by atoms with van der Waals surface area (Å²) in [7, 11) is 0. The predicted molar refractivity (Wildman–Crippen MR) is 98.0 cm³/mol. The standard InChI is InChI=1S/C19H23ClN2/c1-12-8-13(2)18(14(3)9-12)21-6-7-22-19-15(4)10-17(20)11-16(19)5/h6-11,21-22H,1-5H3/b7-6-. The van der Waals surface area contributed by atoms with Gasteiger partial charge >= 0.3 is 0 Å². The maximum atomic E-state index is 6.05. The topological polar surface area (TPSA) is 24.1 Å². The number of halogens is 1. The number of nitrogens with one attached hydrogen (secondary N) is 2. The first kappa shape index (κ1) is 16.4. The van der Waals surface area contributed by atoms with Gasteiger partial charge in [0.1, 0.15) is 0 Å². The maximum absolute atomic E-state index is 6.05. The van der Waals surface area contributed by atoms with Gasteiger partial charge in [0.15, 0.2) is 0 Å². The zero-order chi connectivity index (χ0) is 16.3. The summed E-state index contributed by atoms with van der Waals surface area (Å²) in [6, 6.07) is 8.30. The van der Waals surface area contributed by atoms with Gasteiger partial charge in [0, 0.05) is 28.8 Å². The fraction of sp³-hybridized carbons (Fsp3) is 0.263. The van der Waals surface area contributed by atoms with E-state index in [9.17, 15) is 0 Å². The van der Waals surface area contributed by atoms with Gasteiger partial charge in [-0.15, -0.1) is 0 Å². The van der Waals surface area contributed by atoms with Gasteiger partial charge in [-0.1, -0.05) is 29.3 Å². The third kappa shape index (κ3) is 3.83. The van der Waals surface area contributed by atoms with Crippen LogP contribution in [0, 0.1) is 34.6 Å². The van der Waals surface area contributed by atoms with Gasteiger partial charge < -0.3 is 10.6 Å². The number of aryl methyl sites for hydroxylation is 5. The van der Waals surface area contributed by atoms with Gasteiger partial charge in [0.25, 0.3) is 0 Å². The van der Waals surface area contributed by atoms with E-state index in [1.807, 2.05) is 24.5 Å². The highest BCUT2D eigenvalue weighted by Crippen LogP contribution is 2.25. The van der Waals surface area contributed by atoms with E-state index < -0.39 is 0 Å². The molecule has 0 aliphatic heterocycles. The maximum Gasteiger partial charge on any atom is 0.0440 e. The van der Waals surface area contributed by atoms with Crippen molar-refractivity contribution in [3.8, 4) is 0 Å². The van der Waals surface area contributed by atoms with Gasteiger partial charge in [-0.2, -0.15) is 0 Å². The second kappa shape index (κ2) is 6.89. The molecule has 0 spiro atoms. The van der Waals surface area contributed by atoms with Crippen LogP contribution in [0.1, 0.15) is 27.8 Å². The molecule has 2 aromatic rings. The summed E-state index contributed by atoms with van der Waals surface area (Å²) in [5, 5.41) is 7.46. The molecule has 0 heterocycles. The largest absolute Gasteiger partial charge is 0.360 e. The van der Waals surface area contributed by atoms with Crippen LogP contribution >= 0.6 is 11.6 Å². The Morgan fingerprint density at radius 1 is 0.682 bits per heavy atom. The molecule has 0 bridgehead atoms. The highest BCUT2D eigenvalue weighted by molar-refractivity contribution is 6.30. The van der Waals surface area contributed by atoms with Crippen molar-refractivity contribution in [2.24, 2.45) is 0 Å². The lowest BCUT2D eigenvalue weighted by molar-refractivity contribution is 1.30. The van der Waals surface area contributed by atoms with Crippen molar-refractivity contribution in [1.29, 1.82) is 0 Å². The van der Waals surface area contributed by atoms with Crippen LogP contribution in [0.4, 0.5) is 11.4 Å². The molecule has 116 valence electrons. The number of hydrogen-bond acceptors (Lipinski definition) is 2. The Hall–Kier alpha value is -1.93. The Labute approximate surface area is 138 Å². The minimum atomic E-state index is 0.772. The van der Waals surface area contributed by atoms with Gasteiger partial charge in [-0.25, -0.2) is 0 Å². The molecule has 0 saturated carbocycles. The van der Waals surface area contributed by atoms with Crippen LogP contribution in [0.25, 0.3) is 0 Å². The van der Waals surface area contributed by atoms with Crippen molar-refractivity contribution in [3.05, 3.63) is 69.5 Å². The molecule has 0 aliphatic rings. The molecule has 0 unspecified atom stereocenters. The van der Waals surface area contributed by atoms with Crippen molar-refractivity contribution in [2.45, 2.75) is 34.6 Å². The zero-order valence-corrected chi connectivity index (χ0v) is 14.6. The Morgan fingerprint density at radius 2 is 1.05 bits per heavy atom. The van der Waals surface area contributed by atoms with E-state index >= 15 is 0 Å². The van der Waals surface area contributed by atoms with Crippen LogP contribution in [0.5, 0.6) is 0 Å². The monoisotopic (exact) mass is 314 g/mol. The smallest absolute Gasteiger partial charge is 0.0440 e. The first-order valence-electron chi connectivity index (χ1n) is 7.41. The number of benzene rings is 2. The Kier molecular flexibility index (Phi) is 5.15. The summed E-state index contributed by atoms with van der Waals surface area (Å²) in [6.45, 7) is 10.5. The second-order valence-electron chi connectivity index (χ2n) is 5.81. The summed E-state index contributed by atoms with van der Waals surface area (Å²) in [4.78, 5) is 0. The molecule has 22 heavy (non-hydrogen) atoms. The first-order valence-corrected chi connectivity index (χ1v) is 7.79. The molecule has 0 fully saturated rings. The van der Waals surface area contributed by atoms with Gasteiger partial charge in [0.2, 0.25) is 0 Å². The molecule has 0 radical (unpaired) electrons. The van der Waals surface area contributed by atoms with Gasteiger partial charge in [-0.05, 0) is 69.0 Å². The number of rotatable bonds is 4. The average molecular weight is 315 g/mol. The van der Waals surface area contributed by atoms with E-state index in [4.69, 9.17) is 11.6 Å². The molecule has 2 rings (SSSR count). The summed E-state index contributed by atoms with van der Waals surface area (Å²) in [6.07, 6.45) is 3.85. The van der Waals surface area contributed by atoms with Crippen LogP contribution < -0.4 is 10.6 Å². The average Bonchev–Trinajstić information content (AvgIpc) is 2.38. The Bertz CT molecular complexity index is 610. The lowest BCUT2D eigenvalue weighted by Gasteiger charge is -2.12. The summed E-state index contributed by atoms with van der Waals surface area (Å²) < 4.78 is 0. The molecule has 0 atom stereocenters. The third-order valence-electron chi connectivity index (χ3n) is 3.71. The minimum absolute atomic E-state index is 0.772. The second-order valence-corrected chi connectivity index (χ2v) is 6.25. The molecular formula is C19H23ClN2. The van der Waals surface area contributed by atoms with Crippen molar-refractivity contribution in [1.82, 2.24) is 0 Å². The zero-order valence-electron chi connectivity index (χ0n) is 13.8. The third-order valence-corrected chi connectivity index (χ3v) is 3.93. The molecule has 2 nitrogen and oxygen atoms in total. The normalized spacial score (nSPS) is 11.0. The van der Waals surface area contributed by atoms with Crippen molar-refractivity contribution < 1.29 is 0 Å². The van der Waals surface area contributed by atoms with Crippen LogP contribution in [0.2, 0.25) is 5.02 Å². The van der Waals surface area contributed by atoms with E-state index in [0.29, 0.717) is 0 Å². The number of anilines is 2. The van der Waals surface area contributed by atoms with Gasteiger partial charge in [0.05, 0.1) is 0 Å². The van der Waals surface area contributed by atoms with E-state index in [0.717, 1.165) is 27.5 Å². The van der Waals surface area contributed by atoms with Crippen molar-refractivity contribution >= 4 is 23.0 Å². The molecule has 0 aromatic heterocycles. The highest BCUT2D eigenvalue weighted by Gasteiger charge is 2.03. The summed E-state index contributed by atoms with van der Waals surface area (Å²) >= 11 is 6.05. The van der Waals surface area contributed by atoms with Crippen LogP contribution in [-0.2, 0) is 0 Å². The fourth-order valence-corrected chi connectivity index (χ4v) is 3.12.